The molecule has 104 valence electrons. The molecule has 2 aromatic rings. The summed E-state index contributed by atoms with van der Waals surface area (Å²) < 4.78 is 23.3. The number of amides is 1. The molecule has 1 aromatic carbocycles. The van der Waals surface area contributed by atoms with Gasteiger partial charge in [0.05, 0.1) is 10.5 Å². The van der Waals surface area contributed by atoms with Crippen LogP contribution in [-0.4, -0.2) is 25.6 Å². The summed E-state index contributed by atoms with van der Waals surface area (Å²) in [4.78, 5) is 16.1. The number of carbonyl (C=O) groups is 1. The Labute approximate surface area is 125 Å². The van der Waals surface area contributed by atoms with Gasteiger partial charge in [0, 0.05) is 18.1 Å². The molecule has 20 heavy (non-hydrogen) atoms. The van der Waals surface area contributed by atoms with Crippen LogP contribution < -0.4 is 5.32 Å². The Morgan fingerprint density at radius 3 is 2.30 bits per heavy atom. The number of sulfone groups is 1. The van der Waals surface area contributed by atoms with Gasteiger partial charge < -0.3 is 5.32 Å². The molecule has 1 heterocycles. The maximum atomic E-state index is 11.9. The van der Waals surface area contributed by atoms with Gasteiger partial charge in [-0.25, -0.2) is 13.4 Å². The Kier molecular flexibility index (Phi) is 4.20. The van der Waals surface area contributed by atoms with Crippen molar-refractivity contribution in [3.63, 3.8) is 0 Å². The topological polar surface area (TPSA) is 76.1 Å². The molecule has 0 saturated carbocycles. The Balaban J connectivity index is 2.14. The van der Waals surface area contributed by atoms with E-state index in [0.717, 1.165) is 6.26 Å². The maximum Gasteiger partial charge on any atom is 0.257 e. The fourth-order valence-corrected chi connectivity index (χ4v) is 2.36. The molecule has 0 bridgehead atoms. The van der Waals surface area contributed by atoms with E-state index in [2.05, 4.69) is 26.2 Å². The second-order valence-electron chi connectivity index (χ2n) is 4.12. The van der Waals surface area contributed by atoms with Crippen LogP contribution >= 0.6 is 15.9 Å². The van der Waals surface area contributed by atoms with Crippen LogP contribution in [0, 0.1) is 0 Å². The molecular formula is C13H11BrN2O3S. The lowest BCUT2D eigenvalue weighted by atomic mass is 10.2. The average Bonchev–Trinajstić information content (AvgIpc) is 2.39. The Morgan fingerprint density at radius 1 is 1.15 bits per heavy atom. The quantitative estimate of drug-likeness (QED) is 0.859. The third-order valence-electron chi connectivity index (χ3n) is 2.53. The van der Waals surface area contributed by atoms with Gasteiger partial charge in [0.15, 0.2) is 9.84 Å². The van der Waals surface area contributed by atoms with Crippen LogP contribution in [0.5, 0.6) is 0 Å². The highest BCUT2D eigenvalue weighted by atomic mass is 79.9. The molecule has 0 aliphatic heterocycles. The summed E-state index contributed by atoms with van der Waals surface area (Å²) in [6, 6.07) is 9.29. The molecule has 1 N–H and O–H groups in total. The highest BCUT2D eigenvalue weighted by molar-refractivity contribution is 9.10. The van der Waals surface area contributed by atoms with Gasteiger partial charge in [-0.2, -0.15) is 0 Å². The van der Waals surface area contributed by atoms with E-state index >= 15 is 0 Å². The molecule has 2 rings (SSSR count). The van der Waals surface area contributed by atoms with Gasteiger partial charge in [0.2, 0.25) is 0 Å². The molecule has 0 aliphatic carbocycles. The highest BCUT2D eigenvalue weighted by Gasteiger charge is 2.09. The molecule has 0 radical (unpaired) electrons. The van der Waals surface area contributed by atoms with Gasteiger partial charge >= 0.3 is 0 Å². The molecule has 0 fully saturated rings. The van der Waals surface area contributed by atoms with E-state index in [1.807, 2.05) is 0 Å². The normalized spacial score (nSPS) is 11.1. The first-order chi connectivity index (χ1) is 9.36. The number of halogens is 1. The summed E-state index contributed by atoms with van der Waals surface area (Å²) in [6.07, 6.45) is 2.58. The summed E-state index contributed by atoms with van der Waals surface area (Å²) in [7, 11) is -3.23. The van der Waals surface area contributed by atoms with E-state index in [-0.39, 0.29) is 10.8 Å². The van der Waals surface area contributed by atoms with E-state index < -0.39 is 9.84 Å². The second-order valence-corrected chi connectivity index (χ2v) is 6.95. The summed E-state index contributed by atoms with van der Waals surface area (Å²) in [6.45, 7) is 0. The number of pyridine rings is 1. The van der Waals surface area contributed by atoms with Crippen molar-refractivity contribution >= 4 is 37.4 Å². The van der Waals surface area contributed by atoms with Crippen LogP contribution in [0.15, 0.2) is 52.1 Å². The minimum Gasteiger partial charge on any atom is -0.322 e. The third-order valence-corrected chi connectivity index (χ3v) is 4.13. The molecule has 1 amide bonds. The Hall–Kier alpha value is -1.73. The van der Waals surface area contributed by atoms with Crippen molar-refractivity contribution in [3.05, 3.63) is 52.8 Å². The van der Waals surface area contributed by atoms with Crippen LogP contribution in [0.1, 0.15) is 10.4 Å². The van der Waals surface area contributed by atoms with Crippen molar-refractivity contribution in [1.82, 2.24) is 4.98 Å². The van der Waals surface area contributed by atoms with Crippen LogP contribution in [-0.2, 0) is 9.84 Å². The molecule has 0 aliphatic rings. The molecule has 1 aromatic heterocycles. The van der Waals surface area contributed by atoms with E-state index in [9.17, 15) is 13.2 Å². The highest BCUT2D eigenvalue weighted by Crippen LogP contribution is 2.15. The first-order valence-electron chi connectivity index (χ1n) is 5.59. The first kappa shape index (κ1) is 14.7. The van der Waals surface area contributed by atoms with Crippen LogP contribution in [0.25, 0.3) is 0 Å². The Morgan fingerprint density at radius 2 is 1.80 bits per heavy atom. The zero-order valence-corrected chi connectivity index (χ0v) is 12.9. The monoisotopic (exact) mass is 354 g/mol. The fraction of sp³-hybridized carbons (Fsp3) is 0.0769. The van der Waals surface area contributed by atoms with Crippen LogP contribution in [0.2, 0.25) is 0 Å². The summed E-state index contributed by atoms with van der Waals surface area (Å²) in [5.74, 6) is -0.308. The number of carbonyl (C=O) groups excluding carboxylic acids is 1. The van der Waals surface area contributed by atoms with E-state index in [1.165, 1.54) is 18.3 Å². The fourth-order valence-electron chi connectivity index (χ4n) is 1.50. The van der Waals surface area contributed by atoms with Crippen molar-refractivity contribution in [2.75, 3.05) is 11.6 Å². The molecule has 5 nitrogen and oxygen atoms in total. The zero-order valence-electron chi connectivity index (χ0n) is 10.5. The molecule has 7 heteroatoms. The molecule has 0 atom stereocenters. The summed E-state index contributed by atoms with van der Waals surface area (Å²) >= 11 is 3.19. The molecule has 0 unspecified atom stereocenters. The molecular weight excluding hydrogens is 344 g/mol. The predicted octanol–water partition coefficient (Wildman–Crippen LogP) is 2.50. The van der Waals surface area contributed by atoms with Gasteiger partial charge in [-0.15, -0.1) is 0 Å². The van der Waals surface area contributed by atoms with Gasteiger partial charge in [0.25, 0.3) is 5.91 Å². The van der Waals surface area contributed by atoms with Gasteiger partial charge in [-0.3, -0.25) is 4.79 Å². The number of hydrogen-bond donors (Lipinski definition) is 1. The van der Waals surface area contributed by atoms with E-state index in [1.54, 1.807) is 24.3 Å². The van der Waals surface area contributed by atoms with Crippen molar-refractivity contribution in [2.45, 2.75) is 4.90 Å². The number of hydrogen-bond acceptors (Lipinski definition) is 4. The lowest BCUT2D eigenvalue weighted by molar-refractivity contribution is 0.102. The SMILES string of the molecule is CS(=O)(=O)c1ccc(NC(=O)c2ccc(Br)nc2)cc1. The number of aromatic nitrogens is 1. The van der Waals surface area contributed by atoms with Crippen molar-refractivity contribution in [1.29, 1.82) is 0 Å². The van der Waals surface area contributed by atoms with Crippen molar-refractivity contribution in [3.8, 4) is 0 Å². The number of rotatable bonds is 3. The molecule has 0 saturated heterocycles. The summed E-state index contributed by atoms with van der Waals surface area (Å²) in [5.41, 5.74) is 0.936. The van der Waals surface area contributed by atoms with Gasteiger partial charge in [0.1, 0.15) is 4.60 Å². The van der Waals surface area contributed by atoms with Gasteiger partial charge in [-0.05, 0) is 52.3 Å². The van der Waals surface area contributed by atoms with Crippen molar-refractivity contribution in [2.24, 2.45) is 0 Å². The molecule has 0 spiro atoms. The van der Waals surface area contributed by atoms with Crippen LogP contribution in [0.3, 0.4) is 0 Å². The average molecular weight is 355 g/mol. The summed E-state index contributed by atoms with van der Waals surface area (Å²) in [5, 5.41) is 2.67. The van der Waals surface area contributed by atoms with E-state index in [4.69, 9.17) is 0 Å². The van der Waals surface area contributed by atoms with Crippen LogP contribution in [0.4, 0.5) is 5.69 Å². The first-order valence-corrected chi connectivity index (χ1v) is 8.28. The number of nitrogens with one attached hydrogen (secondary N) is 1. The Bertz CT molecular complexity index is 725. The standard InChI is InChI=1S/C13H11BrN2O3S/c1-20(18,19)11-5-3-10(4-6-11)16-13(17)9-2-7-12(14)15-8-9/h2-8H,1H3,(H,16,17). The number of benzene rings is 1. The lowest BCUT2D eigenvalue weighted by Crippen LogP contribution is -2.12. The largest absolute Gasteiger partial charge is 0.322 e. The van der Waals surface area contributed by atoms with Gasteiger partial charge in [-0.1, -0.05) is 0 Å². The number of nitrogens with zero attached hydrogens (tertiary/aromatic N) is 1. The number of anilines is 1. The van der Waals surface area contributed by atoms with E-state index in [0.29, 0.717) is 15.9 Å². The maximum absolute atomic E-state index is 11.9. The smallest absolute Gasteiger partial charge is 0.257 e. The third kappa shape index (κ3) is 3.64. The zero-order chi connectivity index (χ0) is 14.8. The second kappa shape index (κ2) is 5.72. The minimum atomic E-state index is -3.23. The van der Waals surface area contributed by atoms with Crippen molar-refractivity contribution < 1.29 is 13.2 Å². The minimum absolute atomic E-state index is 0.209. The predicted molar refractivity (Wildman–Crippen MR) is 79.4 cm³/mol. The lowest BCUT2D eigenvalue weighted by Gasteiger charge is -2.06.